The SMILES string of the molecule is CC1COCCN1c1cc(C2(S(C)(=O)=O)CC2)nc(Nc2cc(Cl)[nH]n2)n1. The van der Waals surface area contributed by atoms with E-state index in [2.05, 4.69) is 30.4 Å². The molecule has 2 aliphatic rings. The molecule has 3 heterocycles. The molecule has 11 heteroatoms. The van der Waals surface area contributed by atoms with Crippen LogP contribution in [0.15, 0.2) is 12.1 Å². The highest BCUT2D eigenvalue weighted by Crippen LogP contribution is 2.52. The molecule has 0 aromatic carbocycles. The Bertz CT molecular complexity index is 959. The summed E-state index contributed by atoms with van der Waals surface area (Å²) >= 11 is 5.87. The molecular weight excluding hydrogens is 392 g/mol. The molecule has 1 saturated heterocycles. The largest absolute Gasteiger partial charge is 0.377 e. The maximum Gasteiger partial charge on any atom is 0.230 e. The number of rotatable bonds is 5. The number of halogens is 1. The summed E-state index contributed by atoms with van der Waals surface area (Å²) in [6.45, 7) is 3.91. The van der Waals surface area contributed by atoms with Crippen LogP contribution in [0.1, 0.15) is 25.5 Å². The van der Waals surface area contributed by atoms with E-state index in [0.717, 1.165) is 0 Å². The van der Waals surface area contributed by atoms with Crippen LogP contribution < -0.4 is 10.2 Å². The number of ether oxygens (including phenoxy) is 1. The smallest absolute Gasteiger partial charge is 0.230 e. The lowest BCUT2D eigenvalue weighted by molar-refractivity contribution is 0.0985. The van der Waals surface area contributed by atoms with E-state index in [4.69, 9.17) is 16.3 Å². The van der Waals surface area contributed by atoms with Gasteiger partial charge in [-0.05, 0) is 19.8 Å². The summed E-state index contributed by atoms with van der Waals surface area (Å²) in [5, 5.41) is 10.0. The molecule has 4 rings (SSSR count). The van der Waals surface area contributed by atoms with E-state index in [0.29, 0.717) is 61.0 Å². The van der Waals surface area contributed by atoms with E-state index in [9.17, 15) is 8.42 Å². The monoisotopic (exact) mass is 412 g/mol. The van der Waals surface area contributed by atoms with Crippen molar-refractivity contribution in [1.29, 1.82) is 0 Å². The molecule has 1 unspecified atom stereocenters. The summed E-state index contributed by atoms with van der Waals surface area (Å²) in [5.74, 6) is 1.43. The van der Waals surface area contributed by atoms with Crippen molar-refractivity contribution in [3.05, 3.63) is 23.0 Å². The van der Waals surface area contributed by atoms with Gasteiger partial charge in [0.15, 0.2) is 15.7 Å². The Hall–Kier alpha value is -1.91. The predicted octanol–water partition coefficient (Wildman–Crippen LogP) is 1.86. The number of morpholine rings is 1. The topological polar surface area (TPSA) is 113 Å². The van der Waals surface area contributed by atoms with Crippen molar-refractivity contribution in [3.63, 3.8) is 0 Å². The van der Waals surface area contributed by atoms with Crippen molar-refractivity contribution in [2.45, 2.75) is 30.6 Å². The normalized spacial score (nSPS) is 21.9. The summed E-state index contributed by atoms with van der Waals surface area (Å²) < 4.78 is 29.4. The van der Waals surface area contributed by atoms with Crippen LogP contribution in [-0.4, -0.2) is 60.6 Å². The maximum absolute atomic E-state index is 12.4. The van der Waals surface area contributed by atoms with Gasteiger partial charge in [-0.1, -0.05) is 11.6 Å². The zero-order valence-electron chi connectivity index (χ0n) is 15.1. The van der Waals surface area contributed by atoms with Gasteiger partial charge in [0, 0.05) is 24.9 Å². The summed E-state index contributed by atoms with van der Waals surface area (Å²) in [4.78, 5) is 11.2. The highest BCUT2D eigenvalue weighted by Gasteiger charge is 2.55. The number of sulfone groups is 1. The number of hydrogen-bond acceptors (Lipinski definition) is 8. The van der Waals surface area contributed by atoms with Gasteiger partial charge in [-0.25, -0.2) is 13.4 Å². The number of hydrogen-bond donors (Lipinski definition) is 2. The first-order chi connectivity index (χ1) is 12.8. The highest BCUT2D eigenvalue weighted by molar-refractivity contribution is 7.91. The fourth-order valence-corrected chi connectivity index (χ4v) is 4.82. The molecule has 1 aliphatic carbocycles. The fourth-order valence-electron chi connectivity index (χ4n) is 3.35. The van der Waals surface area contributed by atoms with Crippen LogP contribution in [0.5, 0.6) is 0 Å². The van der Waals surface area contributed by atoms with Crippen molar-refractivity contribution >= 4 is 39.0 Å². The average Bonchev–Trinajstić information content (AvgIpc) is 3.34. The van der Waals surface area contributed by atoms with Crippen LogP contribution in [-0.2, 0) is 19.3 Å². The number of aromatic nitrogens is 4. The molecule has 0 amide bonds. The quantitative estimate of drug-likeness (QED) is 0.764. The summed E-state index contributed by atoms with van der Waals surface area (Å²) in [5.41, 5.74) is 0.512. The molecular formula is C16H21ClN6O3S. The van der Waals surface area contributed by atoms with E-state index in [1.54, 1.807) is 12.1 Å². The predicted molar refractivity (Wildman–Crippen MR) is 102 cm³/mol. The Morgan fingerprint density at radius 3 is 2.74 bits per heavy atom. The molecule has 1 aliphatic heterocycles. The first-order valence-electron chi connectivity index (χ1n) is 8.70. The van der Waals surface area contributed by atoms with Gasteiger partial charge in [-0.2, -0.15) is 10.1 Å². The minimum Gasteiger partial charge on any atom is -0.377 e. The molecule has 2 N–H and O–H groups in total. The zero-order valence-corrected chi connectivity index (χ0v) is 16.6. The van der Waals surface area contributed by atoms with Crippen LogP contribution >= 0.6 is 11.6 Å². The third kappa shape index (κ3) is 3.48. The Labute approximate surface area is 162 Å². The molecule has 1 saturated carbocycles. The van der Waals surface area contributed by atoms with Crippen molar-refractivity contribution < 1.29 is 13.2 Å². The van der Waals surface area contributed by atoms with Crippen LogP contribution in [0, 0.1) is 0 Å². The lowest BCUT2D eigenvalue weighted by Gasteiger charge is -2.34. The van der Waals surface area contributed by atoms with Crippen LogP contribution in [0.2, 0.25) is 5.15 Å². The molecule has 2 aromatic rings. The minimum atomic E-state index is -3.29. The third-order valence-electron chi connectivity index (χ3n) is 5.04. The second-order valence-corrected chi connectivity index (χ2v) is 9.78. The van der Waals surface area contributed by atoms with Crippen LogP contribution in [0.4, 0.5) is 17.6 Å². The summed E-state index contributed by atoms with van der Waals surface area (Å²) in [6.07, 6.45) is 2.39. The Kier molecular flexibility index (Phi) is 4.52. The van der Waals surface area contributed by atoms with Gasteiger partial charge in [0.05, 0.1) is 24.9 Å². The van der Waals surface area contributed by atoms with Crippen molar-refractivity contribution in [1.82, 2.24) is 20.2 Å². The van der Waals surface area contributed by atoms with Crippen molar-refractivity contribution in [2.75, 3.05) is 36.2 Å². The molecule has 0 radical (unpaired) electrons. The first-order valence-corrected chi connectivity index (χ1v) is 11.0. The number of anilines is 3. The van der Waals surface area contributed by atoms with Gasteiger partial charge in [-0.3, -0.25) is 5.10 Å². The number of aromatic amines is 1. The van der Waals surface area contributed by atoms with Crippen molar-refractivity contribution in [2.24, 2.45) is 0 Å². The Morgan fingerprint density at radius 2 is 2.15 bits per heavy atom. The van der Waals surface area contributed by atoms with Gasteiger partial charge in [0.1, 0.15) is 15.7 Å². The molecule has 1 atom stereocenters. The third-order valence-corrected chi connectivity index (χ3v) is 7.27. The molecule has 2 aromatic heterocycles. The van der Waals surface area contributed by atoms with E-state index in [1.165, 1.54) is 6.26 Å². The molecule has 0 spiro atoms. The van der Waals surface area contributed by atoms with Gasteiger partial charge >= 0.3 is 0 Å². The van der Waals surface area contributed by atoms with Gasteiger partial charge in [-0.15, -0.1) is 0 Å². The molecule has 9 nitrogen and oxygen atoms in total. The first kappa shape index (κ1) is 18.5. The average molecular weight is 413 g/mol. The Balaban J connectivity index is 1.76. The zero-order chi connectivity index (χ0) is 19.2. The number of nitrogens with one attached hydrogen (secondary N) is 2. The minimum absolute atomic E-state index is 0.127. The maximum atomic E-state index is 12.4. The van der Waals surface area contributed by atoms with Gasteiger partial charge in [0.2, 0.25) is 5.95 Å². The standard InChI is InChI=1S/C16H21ClN6O3S/c1-10-9-26-6-5-23(10)14-7-11(16(3-4-16)27(2,24)25)18-15(20-14)19-13-8-12(17)21-22-13/h7-8,10H,3-6,9H2,1-2H3,(H2,18,19,20,21,22). The van der Waals surface area contributed by atoms with E-state index < -0.39 is 14.6 Å². The van der Waals surface area contributed by atoms with Crippen LogP contribution in [0.3, 0.4) is 0 Å². The summed E-state index contributed by atoms with van der Waals surface area (Å²) in [6, 6.07) is 3.53. The fraction of sp³-hybridized carbons (Fsp3) is 0.562. The highest BCUT2D eigenvalue weighted by atomic mass is 35.5. The second-order valence-electron chi connectivity index (χ2n) is 7.04. The lowest BCUT2D eigenvalue weighted by Crippen LogP contribution is -2.44. The Morgan fingerprint density at radius 1 is 1.37 bits per heavy atom. The van der Waals surface area contributed by atoms with Crippen LogP contribution in [0.25, 0.3) is 0 Å². The molecule has 27 heavy (non-hydrogen) atoms. The molecule has 2 fully saturated rings. The molecule has 0 bridgehead atoms. The lowest BCUT2D eigenvalue weighted by atomic mass is 10.2. The second kappa shape index (κ2) is 6.61. The molecule has 146 valence electrons. The number of nitrogens with zero attached hydrogens (tertiary/aromatic N) is 4. The summed E-state index contributed by atoms with van der Waals surface area (Å²) in [7, 11) is -3.29. The van der Waals surface area contributed by atoms with E-state index in [1.807, 2.05) is 6.92 Å². The van der Waals surface area contributed by atoms with E-state index in [-0.39, 0.29) is 6.04 Å². The van der Waals surface area contributed by atoms with E-state index >= 15 is 0 Å². The van der Waals surface area contributed by atoms with Crippen molar-refractivity contribution in [3.8, 4) is 0 Å². The van der Waals surface area contributed by atoms with Gasteiger partial charge in [0.25, 0.3) is 0 Å². The van der Waals surface area contributed by atoms with Gasteiger partial charge < -0.3 is 15.0 Å². The number of H-pyrrole nitrogens is 1.